The van der Waals surface area contributed by atoms with Crippen LogP contribution in [0.5, 0.6) is 5.75 Å². The van der Waals surface area contributed by atoms with Crippen LogP contribution < -0.4 is 0 Å². The molecule has 1 fully saturated rings. The van der Waals surface area contributed by atoms with Crippen molar-refractivity contribution in [3.63, 3.8) is 0 Å². The summed E-state index contributed by atoms with van der Waals surface area (Å²) in [6.45, 7) is 4.25. The van der Waals surface area contributed by atoms with Crippen LogP contribution >= 0.6 is 0 Å². The molecule has 1 unspecified atom stereocenters. The molecular formula is C17H25NO2. The zero-order valence-corrected chi connectivity index (χ0v) is 12.5. The second-order valence-corrected chi connectivity index (χ2v) is 5.52. The van der Waals surface area contributed by atoms with E-state index in [0.29, 0.717) is 12.8 Å². The molecule has 0 spiro atoms. The minimum atomic E-state index is -0.899. The molecule has 1 aromatic carbocycles. The minimum Gasteiger partial charge on any atom is -0.508 e. The second kappa shape index (κ2) is 7.91. The fraction of sp³-hybridized carbons (Fsp3) is 0.588. The van der Waals surface area contributed by atoms with Gasteiger partial charge in [0.1, 0.15) is 5.75 Å². The van der Waals surface area contributed by atoms with E-state index in [0.717, 1.165) is 24.8 Å². The Morgan fingerprint density at radius 3 is 2.10 bits per heavy atom. The largest absolute Gasteiger partial charge is 0.508 e. The van der Waals surface area contributed by atoms with Gasteiger partial charge in [0.2, 0.25) is 0 Å². The smallest absolute Gasteiger partial charge is 0.115 e. The summed E-state index contributed by atoms with van der Waals surface area (Å²) in [5, 5.41) is 29.1. The van der Waals surface area contributed by atoms with Crippen LogP contribution in [-0.4, -0.2) is 15.8 Å². The third kappa shape index (κ3) is 4.25. The van der Waals surface area contributed by atoms with E-state index in [1.807, 2.05) is 0 Å². The molecule has 3 heteroatoms. The Morgan fingerprint density at radius 1 is 1.15 bits per heavy atom. The first-order chi connectivity index (χ1) is 9.57. The van der Waals surface area contributed by atoms with Crippen LogP contribution in [0, 0.1) is 11.3 Å². The maximum Gasteiger partial charge on any atom is 0.115 e. The summed E-state index contributed by atoms with van der Waals surface area (Å²) in [6.07, 6.45) is 5.72. The van der Waals surface area contributed by atoms with Crippen molar-refractivity contribution in [3.05, 3.63) is 29.8 Å². The predicted octanol–water partition coefficient (Wildman–Crippen LogP) is 4.11. The number of hydrogen-bond acceptors (Lipinski definition) is 3. The molecule has 3 nitrogen and oxygen atoms in total. The first kappa shape index (κ1) is 16.5. The third-order valence-electron chi connectivity index (χ3n) is 3.61. The van der Waals surface area contributed by atoms with Gasteiger partial charge in [0.25, 0.3) is 0 Å². The molecule has 0 bridgehead atoms. The molecule has 20 heavy (non-hydrogen) atoms. The Labute approximate surface area is 121 Å². The number of phenolic OH excluding ortho intramolecular Hbond substituents is 1. The maximum atomic E-state index is 10.6. The van der Waals surface area contributed by atoms with Crippen LogP contribution in [0.4, 0.5) is 0 Å². The number of phenols is 1. The van der Waals surface area contributed by atoms with Crippen molar-refractivity contribution in [1.29, 1.82) is 5.26 Å². The van der Waals surface area contributed by atoms with E-state index >= 15 is 0 Å². The molecule has 0 aliphatic heterocycles. The van der Waals surface area contributed by atoms with Gasteiger partial charge >= 0.3 is 0 Å². The van der Waals surface area contributed by atoms with Crippen LogP contribution in [0.2, 0.25) is 0 Å². The molecule has 0 saturated heterocycles. The molecule has 1 aliphatic carbocycles. The van der Waals surface area contributed by atoms with Crippen LogP contribution in [-0.2, 0) is 0 Å². The summed E-state index contributed by atoms with van der Waals surface area (Å²) in [4.78, 5) is 0. The topological polar surface area (TPSA) is 64.2 Å². The predicted molar refractivity (Wildman–Crippen MR) is 80.5 cm³/mol. The van der Waals surface area contributed by atoms with Crippen LogP contribution in [0.3, 0.4) is 0 Å². The number of rotatable bonds is 2. The lowest BCUT2D eigenvalue weighted by Gasteiger charge is -2.36. The SMILES string of the molecule is CCC.N#CC(c1ccc(O)cc1)C1(O)CCCCC1. The van der Waals surface area contributed by atoms with E-state index in [1.54, 1.807) is 24.3 Å². The Kier molecular flexibility index (Phi) is 6.54. The number of benzene rings is 1. The lowest BCUT2D eigenvalue weighted by molar-refractivity contribution is -0.00715. The van der Waals surface area contributed by atoms with Crippen molar-refractivity contribution >= 4 is 0 Å². The average Bonchev–Trinajstić information content (AvgIpc) is 2.43. The molecule has 1 aliphatic rings. The highest BCUT2D eigenvalue weighted by molar-refractivity contribution is 5.33. The maximum absolute atomic E-state index is 10.6. The van der Waals surface area contributed by atoms with Gasteiger partial charge < -0.3 is 10.2 Å². The van der Waals surface area contributed by atoms with Crippen LogP contribution in [0.15, 0.2) is 24.3 Å². The Balaban J connectivity index is 0.000000612. The Bertz CT molecular complexity index is 427. The third-order valence-corrected chi connectivity index (χ3v) is 3.61. The molecule has 0 heterocycles. The Morgan fingerprint density at radius 2 is 1.65 bits per heavy atom. The lowest BCUT2D eigenvalue weighted by Crippen LogP contribution is -2.37. The van der Waals surface area contributed by atoms with Gasteiger partial charge in [-0.25, -0.2) is 0 Å². The van der Waals surface area contributed by atoms with Gasteiger partial charge in [0.15, 0.2) is 0 Å². The molecule has 0 radical (unpaired) electrons. The number of hydrogen-bond donors (Lipinski definition) is 2. The van der Waals surface area contributed by atoms with E-state index in [4.69, 9.17) is 0 Å². The minimum absolute atomic E-state index is 0.182. The van der Waals surface area contributed by atoms with E-state index in [1.165, 1.54) is 6.42 Å². The van der Waals surface area contributed by atoms with E-state index in [9.17, 15) is 15.5 Å². The monoisotopic (exact) mass is 275 g/mol. The summed E-state index contributed by atoms with van der Waals surface area (Å²) in [6, 6.07) is 8.78. The molecule has 110 valence electrons. The van der Waals surface area contributed by atoms with Gasteiger partial charge in [0.05, 0.1) is 17.6 Å². The first-order valence-corrected chi connectivity index (χ1v) is 7.48. The zero-order valence-electron chi connectivity index (χ0n) is 12.5. The lowest BCUT2D eigenvalue weighted by atomic mass is 9.73. The van der Waals surface area contributed by atoms with E-state index < -0.39 is 11.5 Å². The summed E-state index contributed by atoms with van der Waals surface area (Å²) >= 11 is 0. The normalized spacial score (nSPS) is 18.3. The highest BCUT2D eigenvalue weighted by atomic mass is 16.3. The van der Waals surface area contributed by atoms with Crippen LogP contribution in [0.25, 0.3) is 0 Å². The van der Waals surface area contributed by atoms with Gasteiger partial charge in [-0.05, 0) is 30.5 Å². The average molecular weight is 275 g/mol. The molecule has 1 aromatic rings. The summed E-state index contributed by atoms with van der Waals surface area (Å²) in [5.41, 5.74) is -0.112. The van der Waals surface area contributed by atoms with Crippen LogP contribution in [0.1, 0.15) is 63.9 Å². The van der Waals surface area contributed by atoms with Gasteiger partial charge in [0, 0.05) is 0 Å². The van der Waals surface area contributed by atoms with Crippen molar-refractivity contribution in [2.24, 2.45) is 0 Å². The molecule has 0 amide bonds. The zero-order chi connectivity index (χ0) is 15.0. The number of nitriles is 1. The van der Waals surface area contributed by atoms with Gasteiger partial charge in [-0.15, -0.1) is 0 Å². The molecule has 2 rings (SSSR count). The fourth-order valence-corrected chi connectivity index (χ4v) is 2.62. The van der Waals surface area contributed by atoms with E-state index in [-0.39, 0.29) is 5.75 Å². The van der Waals surface area contributed by atoms with Gasteiger partial charge in [-0.3, -0.25) is 0 Å². The standard InChI is InChI=1S/C14H17NO2.C3H8/c15-10-13(11-4-6-12(16)7-5-11)14(17)8-2-1-3-9-14;1-3-2/h4-7,13,16-17H,1-3,8-9H2;3H2,1-2H3. The molecule has 2 N–H and O–H groups in total. The molecule has 1 atom stereocenters. The summed E-state index contributed by atoms with van der Waals surface area (Å²) < 4.78 is 0. The highest BCUT2D eigenvalue weighted by Gasteiger charge is 2.38. The fourth-order valence-electron chi connectivity index (χ4n) is 2.62. The van der Waals surface area contributed by atoms with Crippen molar-refractivity contribution in [2.75, 3.05) is 0 Å². The summed E-state index contributed by atoms with van der Waals surface area (Å²) in [7, 11) is 0. The molecule has 0 aromatic heterocycles. The highest BCUT2D eigenvalue weighted by Crippen LogP contribution is 2.39. The van der Waals surface area contributed by atoms with Gasteiger partial charge in [-0.2, -0.15) is 5.26 Å². The van der Waals surface area contributed by atoms with Crippen molar-refractivity contribution < 1.29 is 10.2 Å². The quantitative estimate of drug-likeness (QED) is 0.853. The van der Waals surface area contributed by atoms with Crippen molar-refractivity contribution in [2.45, 2.75) is 63.9 Å². The second-order valence-electron chi connectivity index (χ2n) is 5.52. The molecular weight excluding hydrogens is 250 g/mol. The number of aliphatic hydroxyl groups is 1. The van der Waals surface area contributed by atoms with Crippen molar-refractivity contribution in [3.8, 4) is 11.8 Å². The number of aromatic hydroxyl groups is 1. The Hall–Kier alpha value is -1.53. The molecule has 1 saturated carbocycles. The number of nitrogens with zero attached hydrogens (tertiary/aromatic N) is 1. The van der Waals surface area contributed by atoms with Crippen molar-refractivity contribution in [1.82, 2.24) is 0 Å². The summed E-state index contributed by atoms with van der Waals surface area (Å²) in [5.74, 6) is -0.315. The first-order valence-electron chi connectivity index (χ1n) is 7.48. The van der Waals surface area contributed by atoms with E-state index in [2.05, 4.69) is 19.9 Å². The van der Waals surface area contributed by atoms with Gasteiger partial charge in [-0.1, -0.05) is 51.7 Å².